The van der Waals surface area contributed by atoms with E-state index in [1.807, 2.05) is 24.3 Å². The first-order valence-electron chi connectivity index (χ1n) is 8.10. The van der Waals surface area contributed by atoms with Crippen LogP contribution in [0, 0.1) is 0 Å². The van der Waals surface area contributed by atoms with Crippen molar-refractivity contribution in [2.24, 2.45) is 0 Å². The molecule has 1 rings (SSSR count). The van der Waals surface area contributed by atoms with Crippen LogP contribution in [-0.4, -0.2) is 25.7 Å². The van der Waals surface area contributed by atoms with Crippen molar-refractivity contribution in [2.75, 3.05) is 13.7 Å². The van der Waals surface area contributed by atoms with E-state index in [9.17, 15) is 9.59 Å². The van der Waals surface area contributed by atoms with Crippen LogP contribution in [0.1, 0.15) is 51.0 Å². The van der Waals surface area contributed by atoms with Crippen LogP contribution in [0.5, 0.6) is 5.75 Å². The number of esters is 2. The highest BCUT2D eigenvalue weighted by atomic mass is 16.5. The van der Waals surface area contributed by atoms with Crippen molar-refractivity contribution in [3.63, 3.8) is 0 Å². The Kier molecular flexibility index (Phi) is 9.52. The molecule has 5 heteroatoms. The zero-order valence-corrected chi connectivity index (χ0v) is 14.0. The molecule has 0 N–H and O–H groups in total. The third kappa shape index (κ3) is 8.86. The van der Waals surface area contributed by atoms with Crippen LogP contribution in [0.15, 0.2) is 24.3 Å². The van der Waals surface area contributed by atoms with E-state index in [0.29, 0.717) is 13.0 Å². The normalized spacial score (nSPS) is 10.2. The summed E-state index contributed by atoms with van der Waals surface area (Å²) in [6, 6.07) is 7.36. The molecule has 0 aliphatic carbocycles. The van der Waals surface area contributed by atoms with Gasteiger partial charge in [-0.3, -0.25) is 9.59 Å². The lowest BCUT2D eigenvalue weighted by molar-refractivity contribution is -0.146. The molecule has 128 valence electrons. The van der Waals surface area contributed by atoms with E-state index in [2.05, 4.69) is 6.92 Å². The van der Waals surface area contributed by atoms with E-state index in [-0.39, 0.29) is 31.4 Å². The molecule has 0 aliphatic heterocycles. The number of carbonyl (C=O) groups excluding carboxylic acids is 2. The Morgan fingerprint density at radius 3 is 2.43 bits per heavy atom. The highest BCUT2D eigenvalue weighted by molar-refractivity contribution is 5.72. The first kappa shape index (κ1) is 19.0. The second-order valence-electron chi connectivity index (χ2n) is 5.29. The second kappa shape index (κ2) is 11.5. The largest absolute Gasteiger partial charge is 0.497 e. The highest BCUT2D eigenvalue weighted by Gasteiger charge is 2.08. The first-order valence-corrected chi connectivity index (χ1v) is 8.10. The summed E-state index contributed by atoms with van der Waals surface area (Å²) in [5.41, 5.74) is 0.869. The molecule has 0 fully saturated rings. The monoisotopic (exact) mass is 322 g/mol. The topological polar surface area (TPSA) is 61.8 Å². The van der Waals surface area contributed by atoms with Gasteiger partial charge in [0, 0.05) is 12.8 Å². The summed E-state index contributed by atoms with van der Waals surface area (Å²) in [5.74, 6) is 0.165. The van der Waals surface area contributed by atoms with Crippen molar-refractivity contribution < 1.29 is 23.8 Å². The zero-order chi connectivity index (χ0) is 16.9. The minimum absolute atomic E-state index is 0.206. The van der Waals surface area contributed by atoms with E-state index >= 15 is 0 Å². The third-order valence-electron chi connectivity index (χ3n) is 3.31. The van der Waals surface area contributed by atoms with Gasteiger partial charge in [-0.1, -0.05) is 31.9 Å². The third-order valence-corrected chi connectivity index (χ3v) is 3.31. The fraction of sp³-hybridized carbons (Fsp3) is 0.556. The van der Waals surface area contributed by atoms with Gasteiger partial charge in [-0.05, 0) is 30.5 Å². The average Bonchev–Trinajstić information content (AvgIpc) is 2.57. The molecule has 0 spiro atoms. The number of hydrogen-bond acceptors (Lipinski definition) is 5. The second-order valence-corrected chi connectivity index (χ2v) is 5.29. The van der Waals surface area contributed by atoms with E-state index in [0.717, 1.165) is 30.6 Å². The molecule has 0 bridgehead atoms. The molecule has 0 unspecified atom stereocenters. The smallest absolute Gasteiger partial charge is 0.306 e. The van der Waals surface area contributed by atoms with E-state index < -0.39 is 0 Å². The van der Waals surface area contributed by atoms with Crippen molar-refractivity contribution in [3.05, 3.63) is 29.8 Å². The molecule has 0 aliphatic rings. The maximum absolute atomic E-state index is 11.6. The number of benzene rings is 1. The lowest BCUT2D eigenvalue weighted by atomic mass is 10.2. The van der Waals surface area contributed by atoms with Crippen molar-refractivity contribution >= 4 is 11.9 Å². The van der Waals surface area contributed by atoms with Gasteiger partial charge in [-0.2, -0.15) is 0 Å². The molecule has 0 heterocycles. The predicted molar refractivity (Wildman–Crippen MR) is 87.1 cm³/mol. The highest BCUT2D eigenvalue weighted by Crippen LogP contribution is 2.13. The van der Waals surface area contributed by atoms with Crippen molar-refractivity contribution in [3.8, 4) is 5.75 Å². The van der Waals surface area contributed by atoms with Crippen LogP contribution in [0.3, 0.4) is 0 Å². The minimum Gasteiger partial charge on any atom is -0.497 e. The fourth-order valence-electron chi connectivity index (χ4n) is 1.99. The molecule has 0 aromatic heterocycles. The van der Waals surface area contributed by atoms with Gasteiger partial charge in [0.2, 0.25) is 0 Å². The van der Waals surface area contributed by atoms with Crippen LogP contribution < -0.4 is 4.74 Å². The summed E-state index contributed by atoms with van der Waals surface area (Å²) >= 11 is 0. The summed E-state index contributed by atoms with van der Waals surface area (Å²) in [6.07, 6.45) is 3.96. The molecule has 5 nitrogen and oxygen atoms in total. The number of hydrogen-bond donors (Lipinski definition) is 0. The van der Waals surface area contributed by atoms with Gasteiger partial charge in [0.05, 0.1) is 13.7 Å². The van der Waals surface area contributed by atoms with Crippen molar-refractivity contribution in [1.29, 1.82) is 0 Å². The summed E-state index contributed by atoms with van der Waals surface area (Å²) < 4.78 is 15.4. The number of rotatable bonds is 11. The first-order chi connectivity index (χ1) is 11.2. The molecular formula is C18H26O5. The predicted octanol–water partition coefficient (Wildman–Crippen LogP) is 3.64. The van der Waals surface area contributed by atoms with Gasteiger partial charge in [0.25, 0.3) is 0 Å². The number of ether oxygens (including phenoxy) is 3. The molecule has 0 radical (unpaired) electrons. The van der Waals surface area contributed by atoms with Gasteiger partial charge in [-0.25, -0.2) is 0 Å². The quantitative estimate of drug-likeness (QED) is 0.460. The zero-order valence-electron chi connectivity index (χ0n) is 14.0. The Hall–Kier alpha value is -2.04. The van der Waals surface area contributed by atoms with Crippen molar-refractivity contribution in [2.45, 2.75) is 52.1 Å². The van der Waals surface area contributed by atoms with E-state index in [1.54, 1.807) is 7.11 Å². The number of unbranched alkanes of at least 4 members (excludes halogenated alkanes) is 2. The molecule has 23 heavy (non-hydrogen) atoms. The van der Waals surface area contributed by atoms with Crippen LogP contribution in [0.25, 0.3) is 0 Å². The average molecular weight is 322 g/mol. The summed E-state index contributed by atoms with van der Waals surface area (Å²) in [6.45, 7) is 2.77. The lowest BCUT2D eigenvalue weighted by Gasteiger charge is -2.07. The molecule has 0 saturated heterocycles. The molecular weight excluding hydrogens is 296 g/mol. The summed E-state index contributed by atoms with van der Waals surface area (Å²) in [4.78, 5) is 23.1. The van der Waals surface area contributed by atoms with Crippen LogP contribution >= 0.6 is 0 Å². The molecule has 1 aromatic rings. The summed E-state index contributed by atoms with van der Waals surface area (Å²) in [7, 11) is 1.59. The maximum atomic E-state index is 11.6. The maximum Gasteiger partial charge on any atom is 0.306 e. The molecule has 1 aromatic carbocycles. The number of methoxy groups -OCH3 is 1. The molecule has 0 atom stereocenters. The van der Waals surface area contributed by atoms with Crippen molar-refractivity contribution in [1.82, 2.24) is 0 Å². The SMILES string of the molecule is CCCCCOC(=O)CCCC(=O)OCc1cccc(OC)c1. The Morgan fingerprint density at radius 1 is 1.00 bits per heavy atom. The molecule has 0 saturated carbocycles. The minimum atomic E-state index is -0.313. The number of carbonyl (C=O) groups is 2. The van der Waals surface area contributed by atoms with E-state index in [1.165, 1.54) is 0 Å². The Balaban J connectivity index is 2.13. The van der Waals surface area contributed by atoms with Gasteiger partial charge >= 0.3 is 11.9 Å². The van der Waals surface area contributed by atoms with Crippen LogP contribution in [-0.2, 0) is 25.7 Å². The Labute approximate surface area is 137 Å². The van der Waals surface area contributed by atoms with Gasteiger partial charge in [0.1, 0.15) is 12.4 Å². The Morgan fingerprint density at radius 2 is 1.74 bits per heavy atom. The van der Waals surface area contributed by atoms with Crippen LogP contribution in [0.2, 0.25) is 0 Å². The fourth-order valence-corrected chi connectivity index (χ4v) is 1.99. The van der Waals surface area contributed by atoms with Gasteiger partial charge < -0.3 is 14.2 Å². The molecule has 0 amide bonds. The van der Waals surface area contributed by atoms with Gasteiger partial charge in [-0.15, -0.1) is 0 Å². The van der Waals surface area contributed by atoms with Gasteiger partial charge in [0.15, 0.2) is 0 Å². The Bertz CT molecular complexity index is 484. The lowest BCUT2D eigenvalue weighted by Crippen LogP contribution is -2.08. The van der Waals surface area contributed by atoms with E-state index in [4.69, 9.17) is 14.2 Å². The summed E-state index contributed by atoms with van der Waals surface area (Å²) in [5, 5.41) is 0. The van der Waals surface area contributed by atoms with Crippen LogP contribution in [0.4, 0.5) is 0 Å². The standard InChI is InChI=1S/C18H26O5/c1-3-4-5-12-22-17(19)10-7-11-18(20)23-14-15-8-6-9-16(13-15)21-2/h6,8-9,13H,3-5,7,10-12,14H2,1-2H3.